The molecule has 0 spiro atoms. The van der Waals surface area contributed by atoms with Crippen molar-refractivity contribution >= 4 is 21.4 Å². The topological polar surface area (TPSA) is 54.4 Å². The van der Waals surface area contributed by atoms with E-state index in [2.05, 4.69) is 0 Å². The summed E-state index contributed by atoms with van der Waals surface area (Å²) in [5.74, 6) is -0.0889. The maximum Gasteiger partial charge on any atom is 0.179 e. The molecule has 0 heterocycles. The summed E-state index contributed by atoms with van der Waals surface area (Å²) in [7, 11) is -3.38. The first kappa shape index (κ1) is 12.5. The van der Waals surface area contributed by atoms with Crippen molar-refractivity contribution in [3.05, 3.63) is 29.3 Å². The van der Waals surface area contributed by atoms with E-state index in [0.717, 1.165) is 0 Å². The molecule has 0 aliphatic rings. The Bertz CT molecular complexity index is 426. The molecule has 1 aromatic carbocycles. The molecule has 3 nitrogen and oxygen atoms in total. The van der Waals surface area contributed by atoms with E-state index in [1.165, 1.54) is 12.1 Å². The highest BCUT2D eigenvalue weighted by Gasteiger charge is 2.17. The van der Waals surface area contributed by atoms with Crippen LogP contribution >= 0.6 is 11.6 Å². The smallest absolute Gasteiger partial charge is 0.179 e. The third-order valence-corrected chi connectivity index (χ3v) is 4.22. The molecule has 0 radical (unpaired) electrons. The summed E-state index contributed by atoms with van der Waals surface area (Å²) >= 11 is 5.78. The quantitative estimate of drug-likeness (QED) is 0.885. The number of aliphatic hydroxyl groups is 1. The van der Waals surface area contributed by atoms with Gasteiger partial charge in [0.1, 0.15) is 0 Å². The predicted octanol–water partition coefficient (Wildman–Crippen LogP) is 1.88. The van der Waals surface area contributed by atoms with E-state index in [0.29, 0.717) is 0 Å². The van der Waals surface area contributed by atoms with Gasteiger partial charge >= 0.3 is 0 Å². The lowest BCUT2D eigenvalue weighted by molar-refractivity contribution is 0.191. The summed E-state index contributed by atoms with van der Waals surface area (Å²) in [5.41, 5.74) is 0. The second-order valence-corrected chi connectivity index (χ2v) is 5.87. The number of rotatable bonds is 4. The van der Waals surface area contributed by atoms with E-state index in [-0.39, 0.29) is 22.1 Å². The van der Waals surface area contributed by atoms with Crippen LogP contribution in [0.15, 0.2) is 29.2 Å². The number of hydrogen-bond donors (Lipinski definition) is 1. The molecule has 0 aromatic heterocycles. The van der Waals surface area contributed by atoms with Gasteiger partial charge in [0.25, 0.3) is 0 Å². The van der Waals surface area contributed by atoms with E-state index in [9.17, 15) is 8.42 Å². The van der Waals surface area contributed by atoms with Crippen LogP contribution in [-0.4, -0.2) is 25.4 Å². The van der Waals surface area contributed by atoms with Crippen molar-refractivity contribution in [2.24, 2.45) is 0 Å². The van der Waals surface area contributed by atoms with Gasteiger partial charge in [-0.15, -0.1) is 0 Å². The molecule has 0 bridgehead atoms. The third-order valence-electron chi connectivity index (χ3n) is 1.98. The van der Waals surface area contributed by atoms with Crippen molar-refractivity contribution in [2.75, 3.05) is 5.75 Å². The fourth-order valence-corrected chi connectivity index (χ4v) is 3.14. The molecule has 1 unspecified atom stereocenters. The zero-order valence-electron chi connectivity index (χ0n) is 8.35. The second-order valence-electron chi connectivity index (χ2n) is 3.39. The fourth-order valence-electron chi connectivity index (χ4n) is 1.13. The SMILES string of the molecule is CC(O)CCS(=O)(=O)c1ccccc1Cl. The Labute approximate surface area is 94.6 Å². The minimum absolute atomic E-state index is 0.0889. The number of sulfone groups is 1. The molecule has 15 heavy (non-hydrogen) atoms. The van der Waals surface area contributed by atoms with Gasteiger partial charge in [-0.25, -0.2) is 8.42 Å². The number of halogens is 1. The van der Waals surface area contributed by atoms with Gasteiger partial charge in [-0.05, 0) is 25.5 Å². The summed E-state index contributed by atoms with van der Waals surface area (Å²) in [6.07, 6.45) is -0.407. The molecule has 0 aliphatic carbocycles. The first-order chi connectivity index (χ1) is 6.93. The molecule has 1 aromatic rings. The van der Waals surface area contributed by atoms with Crippen LogP contribution in [0.5, 0.6) is 0 Å². The van der Waals surface area contributed by atoms with Gasteiger partial charge < -0.3 is 5.11 Å². The standard InChI is InChI=1S/C10H13ClO3S/c1-8(12)6-7-15(13,14)10-5-3-2-4-9(10)11/h2-5,8,12H,6-7H2,1H3. The molecule has 1 rings (SSSR count). The van der Waals surface area contributed by atoms with Gasteiger partial charge in [0.2, 0.25) is 0 Å². The Kier molecular flexibility index (Phi) is 4.13. The number of benzene rings is 1. The van der Waals surface area contributed by atoms with E-state index < -0.39 is 15.9 Å². The Morgan fingerprint density at radius 2 is 2.00 bits per heavy atom. The lowest BCUT2D eigenvalue weighted by Crippen LogP contribution is -2.12. The van der Waals surface area contributed by atoms with Crippen molar-refractivity contribution in [1.29, 1.82) is 0 Å². The Morgan fingerprint density at radius 3 is 2.53 bits per heavy atom. The van der Waals surface area contributed by atoms with Crippen molar-refractivity contribution in [3.63, 3.8) is 0 Å². The van der Waals surface area contributed by atoms with Crippen LogP contribution in [0.3, 0.4) is 0 Å². The molecule has 1 atom stereocenters. The lowest BCUT2D eigenvalue weighted by atomic mass is 10.3. The predicted molar refractivity (Wildman–Crippen MR) is 59.8 cm³/mol. The molecule has 1 N–H and O–H groups in total. The maximum atomic E-state index is 11.8. The first-order valence-corrected chi connectivity index (χ1v) is 6.62. The summed E-state index contributed by atoms with van der Waals surface area (Å²) in [4.78, 5) is 0.132. The van der Waals surface area contributed by atoms with Gasteiger partial charge in [-0.1, -0.05) is 23.7 Å². The fraction of sp³-hybridized carbons (Fsp3) is 0.400. The minimum atomic E-state index is -3.38. The Balaban J connectivity index is 2.92. The number of aliphatic hydroxyl groups excluding tert-OH is 1. The highest BCUT2D eigenvalue weighted by molar-refractivity contribution is 7.91. The number of hydrogen-bond acceptors (Lipinski definition) is 3. The maximum absolute atomic E-state index is 11.8. The first-order valence-electron chi connectivity index (χ1n) is 4.59. The van der Waals surface area contributed by atoms with Crippen molar-refractivity contribution < 1.29 is 13.5 Å². The molecule has 0 fully saturated rings. The zero-order chi connectivity index (χ0) is 11.5. The van der Waals surface area contributed by atoms with Crippen LogP contribution in [0, 0.1) is 0 Å². The van der Waals surface area contributed by atoms with Crippen LogP contribution in [0.4, 0.5) is 0 Å². The summed E-state index contributed by atoms with van der Waals surface area (Å²) in [5, 5.41) is 9.26. The highest BCUT2D eigenvalue weighted by atomic mass is 35.5. The van der Waals surface area contributed by atoms with Gasteiger partial charge in [0.05, 0.1) is 21.8 Å². The summed E-state index contributed by atoms with van der Waals surface area (Å²) < 4.78 is 23.5. The third kappa shape index (κ3) is 3.48. The van der Waals surface area contributed by atoms with Gasteiger partial charge in [0.15, 0.2) is 9.84 Å². The monoisotopic (exact) mass is 248 g/mol. The lowest BCUT2D eigenvalue weighted by Gasteiger charge is -2.07. The van der Waals surface area contributed by atoms with Gasteiger partial charge in [-0.2, -0.15) is 0 Å². The molecule has 0 amide bonds. The van der Waals surface area contributed by atoms with Crippen LogP contribution in [0.25, 0.3) is 0 Å². The van der Waals surface area contributed by atoms with Crippen molar-refractivity contribution in [2.45, 2.75) is 24.3 Å². The van der Waals surface area contributed by atoms with E-state index >= 15 is 0 Å². The average molecular weight is 249 g/mol. The van der Waals surface area contributed by atoms with E-state index in [4.69, 9.17) is 16.7 Å². The highest BCUT2D eigenvalue weighted by Crippen LogP contribution is 2.22. The molecule has 5 heteroatoms. The van der Waals surface area contributed by atoms with Crippen molar-refractivity contribution in [3.8, 4) is 0 Å². The van der Waals surface area contributed by atoms with Crippen molar-refractivity contribution in [1.82, 2.24) is 0 Å². The normalized spacial score (nSPS) is 13.8. The molecular weight excluding hydrogens is 236 g/mol. The zero-order valence-corrected chi connectivity index (χ0v) is 9.92. The summed E-state index contributed by atoms with van der Waals surface area (Å²) in [6, 6.07) is 6.31. The summed E-state index contributed by atoms with van der Waals surface area (Å²) in [6.45, 7) is 1.56. The minimum Gasteiger partial charge on any atom is -0.393 e. The van der Waals surface area contributed by atoms with Crippen LogP contribution in [0.1, 0.15) is 13.3 Å². The van der Waals surface area contributed by atoms with Crippen LogP contribution in [0.2, 0.25) is 5.02 Å². The molecule has 0 saturated carbocycles. The van der Waals surface area contributed by atoms with E-state index in [1.807, 2.05) is 0 Å². The Morgan fingerprint density at radius 1 is 1.40 bits per heavy atom. The molecule has 0 saturated heterocycles. The average Bonchev–Trinajstić information content (AvgIpc) is 2.15. The molecule has 0 aliphatic heterocycles. The van der Waals surface area contributed by atoms with Gasteiger partial charge in [0, 0.05) is 0 Å². The molecule has 84 valence electrons. The van der Waals surface area contributed by atoms with Crippen LogP contribution in [-0.2, 0) is 9.84 Å². The van der Waals surface area contributed by atoms with Gasteiger partial charge in [-0.3, -0.25) is 0 Å². The largest absolute Gasteiger partial charge is 0.393 e. The Hall–Kier alpha value is -0.580. The molecular formula is C10H13ClO3S. The second kappa shape index (κ2) is 4.96. The van der Waals surface area contributed by atoms with Crippen LogP contribution < -0.4 is 0 Å². The van der Waals surface area contributed by atoms with E-state index in [1.54, 1.807) is 19.1 Å².